The molecule has 0 spiro atoms. The summed E-state index contributed by atoms with van der Waals surface area (Å²) in [6.07, 6.45) is 3.76. The number of halogens is 1. The summed E-state index contributed by atoms with van der Waals surface area (Å²) in [6.45, 7) is 2.38. The number of nitrogens with zero attached hydrogens (tertiary/aromatic N) is 2. The predicted octanol–water partition coefficient (Wildman–Crippen LogP) is 2.05. The zero-order chi connectivity index (χ0) is 16.7. The van der Waals surface area contributed by atoms with Crippen molar-refractivity contribution in [2.24, 2.45) is 0 Å². The van der Waals surface area contributed by atoms with Crippen molar-refractivity contribution < 1.29 is 9.59 Å². The summed E-state index contributed by atoms with van der Waals surface area (Å²) >= 11 is 0. The maximum absolute atomic E-state index is 12.2. The zero-order valence-electron chi connectivity index (χ0n) is 13.7. The predicted molar refractivity (Wildman–Crippen MR) is 96.4 cm³/mol. The molecule has 0 saturated heterocycles. The third-order valence-corrected chi connectivity index (χ3v) is 3.32. The van der Waals surface area contributed by atoms with Gasteiger partial charge in [-0.05, 0) is 38.2 Å². The van der Waals surface area contributed by atoms with Gasteiger partial charge < -0.3 is 16.0 Å². The van der Waals surface area contributed by atoms with Crippen molar-refractivity contribution in [1.82, 2.24) is 15.1 Å². The molecule has 24 heavy (non-hydrogen) atoms. The lowest BCUT2D eigenvalue weighted by atomic mass is 10.2. The van der Waals surface area contributed by atoms with Gasteiger partial charge in [0.2, 0.25) is 11.8 Å². The zero-order valence-corrected chi connectivity index (χ0v) is 14.5. The lowest BCUT2D eigenvalue weighted by Gasteiger charge is -2.13. The molecule has 1 atom stereocenters. The number of hydrogen-bond acceptors (Lipinski definition) is 4. The number of rotatable bonds is 7. The second kappa shape index (κ2) is 9.69. The summed E-state index contributed by atoms with van der Waals surface area (Å²) in [5.74, 6) is -0.250. The van der Waals surface area contributed by atoms with Gasteiger partial charge in [0.05, 0.1) is 0 Å². The first-order valence-corrected chi connectivity index (χ1v) is 7.44. The number of carbonyl (C=O) groups is 2. The monoisotopic (exact) mass is 351 g/mol. The molecule has 0 aliphatic heterocycles. The van der Waals surface area contributed by atoms with Crippen LogP contribution in [0.1, 0.15) is 19.4 Å². The van der Waals surface area contributed by atoms with Crippen LogP contribution in [0, 0.1) is 0 Å². The number of amides is 2. The van der Waals surface area contributed by atoms with Crippen LogP contribution in [0.15, 0.2) is 42.7 Å². The SMILES string of the molecule is CNCCC(=O)Nc1cccc(NC(=O)C(C)n2cccn2)c1.Cl. The van der Waals surface area contributed by atoms with Crippen LogP contribution in [0.3, 0.4) is 0 Å². The Morgan fingerprint density at radius 2 is 1.92 bits per heavy atom. The smallest absolute Gasteiger partial charge is 0.248 e. The van der Waals surface area contributed by atoms with Gasteiger partial charge in [0, 0.05) is 36.7 Å². The summed E-state index contributed by atoms with van der Waals surface area (Å²) in [5, 5.41) is 12.6. The topological polar surface area (TPSA) is 88.0 Å². The van der Waals surface area contributed by atoms with E-state index in [9.17, 15) is 9.59 Å². The maximum Gasteiger partial charge on any atom is 0.248 e. The van der Waals surface area contributed by atoms with E-state index in [4.69, 9.17) is 0 Å². The van der Waals surface area contributed by atoms with E-state index in [-0.39, 0.29) is 24.2 Å². The lowest BCUT2D eigenvalue weighted by molar-refractivity contribution is -0.119. The van der Waals surface area contributed by atoms with Gasteiger partial charge in [-0.1, -0.05) is 6.07 Å². The molecule has 2 rings (SSSR count). The van der Waals surface area contributed by atoms with E-state index >= 15 is 0 Å². The number of anilines is 2. The second-order valence-corrected chi connectivity index (χ2v) is 5.13. The Kier molecular flexibility index (Phi) is 7.94. The van der Waals surface area contributed by atoms with Crippen LogP contribution >= 0.6 is 12.4 Å². The minimum atomic E-state index is -0.418. The minimum Gasteiger partial charge on any atom is -0.326 e. The van der Waals surface area contributed by atoms with E-state index < -0.39 is 6.04 Å². The van der Waals surface area contributed by atoms with Crippen LogP contribution < -0.4 is 16.0 Å². The summed E-state index contributed by atoms with van der Waals surface area (Å²) in [7, 11) is 1.80. The molecule has 3 N–H and O–H groups in total. The van der Waals surface area contributed by atoms with E-state index in [0.29, 0.717) is 24.3 Å². The molecule has 0 aliphatic rings. The van der Waals surface area contributed by atoms with Crippen molar-refractivity contribution in [3.63, 3.8) is 0 Å². The third kappa shape index (κ3) is 5.68. The van der Waals surface area contributed by atoms with Gasteiger partial charge in [0.1, 0.15) is 6.04 Å². The van der Waals surface area contributed by atoms with Gasteiger partial charge in [0.25, 0.3) is 0 Å². The van der Waals surface area contributed by atoms with Crippen LogP contribution in [-0.2, 0) is 9.59 Å². The van der Waals surface area contributed by atoms with Crippen molar-refractivity contribution >= 4 is 35.6 Å². The average Bonchev–Trinajstić information content (AvgIpc) is 3.06. The number of benzene rings is 1. The van der Waals surface area contributed by atoms with E-state index in [2.05, 4.69) is 21.0 Å². The van der Waals surface area contributed by atoms with Crippen LogP contribution in [0.5, 0.6) is 0 Å². The first-order chi connectivity index (χ1) is 11.1. The summed E-state index contributed by atoms with van der Waals surface area (Å²) in [6, 6.07) is 8.41. The van der Waals surface area contributed by atoms with Gasteiger partial charge in [0.15, 0.2) is 0 Å². The highest BCUT2D eigenvalue weighted by molar-refractivity contribution is 5.95. The number of carbonyl (C=O) groups excluding carboxylic acids is 2. The molecule has 1 unspecified atom stereocenters. The van der Waals surface area contributed by atoms with E-state index in [1.165, 1.54) is 0 Å². The largest absolute Gasteiger partial charge is 0.326 e. The van der Waals surface area contributed by atoms with Gasteiger partial charge >= 0.3 is 0 Å². The van der Waals surface area contributed by atoms with Gasteiger partial charge in [-0.15, -0.1) is 12.4 Å². The Morgan fingerprint density at radius 3 is 2.54 bits per heavy atom. The van der Waals surface area contributed by atoms with Crippen molar-refractivity contribution in [3.8, 4) is 0 Å². The maximum atomic E-state index is 12.2. The van der Waals surface area contributed by atoms with Crippen molar-refractivity contribution in [2.45, 2.75) is 19.4 Å². The summed E-state index contributed by atoms with van der Waals surface area (Å²) < 4.78 is 1.58. The molecule has 0 radical (unpaired) electrons. The molecule has 0 aliphatic carbocycles. The highest BCUT2D eigenvalue weighted by Crippen LogP contribution is 2.17. The first-order valence-electron chi connectivity index (χ1n) is 7.44. The first kappa shape index (κ1) is 19.7. The van der Waals surface area contributed by atoms with Gasteiger partial charge in [-0.3, -0.25) is 14.3 Å². The number of aromatic nitrogens is 2. The molecule has 2 amide bonds. The fourth-order valence-electron chi connectivity index (χ4n) is 2.01. The lowest BCUT2D eigenvalue weighted by Crippen LogP contribution is -2.24. The molecule has 0 fully saturated rings. The molecule has 7 nitrogen and oxygen atoms in total. The Labute approximate surface area is 147 Å². The normalized spacial score (nSPS) is 11.2. The Hall–Kier alpha value is -2.38. The molecule has 1 aromatic carbocycles. The summed E-state index contributed by atoms with van der Waals surface area (Å²) in [4.78, 5) is 23.9. The van der Waals surface area contributed by atoms with Crippen LogP contribution in [0.4, 0.5) is 11.4 Å². The Morgan fingerprint density at radius 1 is 1.21 bits per heavy atom. The number of nitrogens with one attached hydrogen (secondary N) is 3. The van der Waals surface area contributed by atoms with Crippen molar-refractivity contribution in [3.05, 3.63) is 42.7 Å². The quantitative estimate of drug-likeness (QED) is 0.712. The molecule has 8 heteroatoms. The third-order valence-electron chi connectivity index (χ3n) is 3.32. The van der Waals surface area contributed by atoms with Crippen LogP contribution in [0.2, 0.25) is 0 Å². The minimum absolute atomic E-state index is 0. The molecule has 2 aromatic rings. The van der Waals surface area contributed by atoms with Gasteiger partial charge in [-0.25, -0.2) is 0 Å². The second-order valence-electron chi connectivity index (χ2n) is 5.13. The fourth-order valence-corrected chi connectivity index (χ4v) is 2.01. The van der Waals surface area contributed by atoms with E-state index in [0.717, 1.165) is 0 Å². The van der Waals surface area contributed by atoms with Crippen molar-refractivity contribution in [1.29, 1.82) is 0 Å². The van der Waals surface area contributed by atoms with E-state index in [1.807, 2.05) is 0 Å². The molecule has 0 bridgehead atoms. The molecular weight excluding hydrogens is 330 g/mol. The Bertz CT molecular complexity index is 660. The average molecular weight is 352 g/mol. The molecular formula is C16H22ClN5O2. The van der Waals surface area contributed by atoms with Crippen molar-refractivity contribution in [2.75, 3.05) is 24.2 Å². The highest BCUT2D eigenvalue weighted by atomic mass is 35.5. The standard InChI is InChI=1S/C16H21N5O2.ClH/c1-12(21-10-4-8-18-21)16(23)20-14-6-3-5-13(11-14)19-15(22)7-9-17-2;/h3-6,8,10-12,17H,7,9H2,1-2H3,(H,19,22)(H,20,23);1H. The summed E-state index contributed by atoms with van der Waals surface area (Å²) in [5.41, 5.74) is 1.27. The van der Waals surface area contributed by atoms with Crippen LogP contribution in [0.25, 0.3) is 0 Å². The molecule has 0 saturated carbocycles. The van der Waals surface area contributed by atoms with Gasteiger partial charge in [-0.2, -0.15) is 5.10 Å². The number of hydrogen-bond donors (Lipinski definition) is 3. The Balaban J connectivity index is 0.00000288. The molecule has 130 valence electrons. The molecule has 1 heterocycles. The van der Waals surface area contributed by atoms with Crippen LogP contribution in [-0.4, -0.2) is 35.2 Å². The fraction of sp³-hybridized carbons (Fsp3) is 0.312. The van der Waals surface area contributed by atoms with E-state index in [1.54, 1.807) is 61.4 Å². The highest BCUT2D eigenvalue weighted by Gasteiger charge is 2.15. The molecule has 1 aromatic heterocycles.